The van der Waals surface area contributed by atoms with Crippen LogP contribution in [0.25, 0.3) is 11.0 Å². The van der Waals surface area contributed by atoms with Gasteiger partial charge in [0.25, 0.3) is 0 Å². The van der Waals surface area contributed by atoms with Crippen LogP contribution in [0, 0.1) is 0 Å². The smallest absolute Gasteiger partial charge is 0.311 e. The zero-order chi connectivity index (χ0) is 67.3. The molecule has 0 saturated heterocycles. The molecule has 0 aliphatic rings. The lowest BCUT2D eigenvalue weighted by Gasteiger charge is -2.28. The van der Waals surface area contributed by atoms with E-state index < -0.39 is 90.2 Å². The highest BCUT2D eigenvalue weighted by Crippen LogP contribution is 2.52. The Morgan fingerprint density at radius 3 is 0.730 bits per heavy atom. The van der Waals surface area contributed by atoms with Gasteiger partial charge in [0.1, 0.15) is 28.5 Å². The Hall–Kier alpha value is -7.42. The van der Waals surface area contributed by atoms with Crippen LogP contribution in [0.5, 0.6) is 46.0 Å². The molecule has 0 bridgehead atoms. The summed E-state index contributed by atoms with van der Waals surface area (Å²) in [7, 11) is 0. The van der Waals surface area contributed by atoms with Crippen LogP contribution in [0.1, 0.15) is 259 Å². The van der Waals surface area contributed by atoms with Gasteiger partial charge in [-0.1, -0.05) is 220 Å². The van der Waals surface area contributed by atoms with Gasteiger partial charge in [-0.2, -0.15) is 0 Å². The molecule has 5 N–H and O–H groups in total. The molecule has 5 aromatic carbocycles. The molecule has 6 aromatic rings. The zero-order valence-electron chi connectivity index (χ0n) is 57.7. The molecule has 1 heterocycles. The molecule has 15 heteroatoms. The molecule has 484 valence electrons. The highest BCUT2D eigenvalue weighted by atomic mass is 16.6. The van der Waals surface area contributed by atoms with E-state index in [0.29, 0.717) is 44.5 Å². The lowest BCUT2D eigenvalue weighted by atomic mass is 9.78. The number of H-pyrrole nitrogens is 1. The number of nitrogens with zero attached hydrogens (tertiary/aromatic N) is 2. The maximum atomic E-state index is 14.7. The second-order valence-electron chi connectivity index (χ2n) is 32.4. The first-order valence-electron chi connectivity index (χ1n) is 31.2. The number of carbonyl (C=O) groups is 4. The monoisotopic (exact) mass is 1220 g/mol. The third-order valence-electron chi connectivity index (χ3n) is 16.1. The molecule has 0 atom stereocenters. The predicted octanol–water partition coefficient (Wildman–Crippen LogP) is 16.3. The van der Waals surface area contributed by atoms with Crippen LogP contribution in [-0.2, 0) is 88.2 Å². The van der Waals surface area contributed by atoms with Gasteiger partial charge in [-0.15, -0.1) is 5.10 Å². The molecule has 0 fully saturated rings. The molecule has 0 unspecified atom stereocenters. The first-order valence-corrected chi connectivity index (χ1v) is 31.2. The molecule has 6 rings (SSSR count). The molecule has 0 saturated carbocycles. The number of phenolic OH excluding ortho intramolecular Hbond substituents is 4. The van der Waals surface area contributed by atoms with Gasteiger partial charge in [-0.25, -0.2) is 0 Å². The molecule has 0 aliphatic heterocycles. The fourth-order valence-corrected chi connectivity index (χ4v) is 10.9. The Bertz CT molecular complexity index is 3280. The van der Waals surface area contributed by atoms with Gasteiger partial charge in [0, 0.05) is 25.7 Å². The first kappa shape index (κ1) is 70.7. The number of esters is 4. The molecule has 15 nitrogen and oxygen atoms in total. The van der Waals surface area contributed by atoms with Crippen LogP contribution in [0.2, 0.25) is 0 Å². The van der Waals surface area contributed by atoms with Crippen LogP contribution in [-0.4, -0.2) is 59.7 Å². The van der Waals surface area contributed by atoms with Crippen molar-refractivity contribution in [1.29, 1.82) is 0 Å². The van der Waals surface area contributed by atoms with Crippen molar-refractivity contribution in [2.24, 2.45) is 0 Å². The van der Waals surface area contributed by atoms with E-state index in [1.165, 1.54) is 0 Å². The Balaban J connectivity index is 1.52. The summed E-state index contributed by atoms with van der Waals surface area (Å²) in [6.07, 6.45) is -0.336. The second-order valence-corrected chi connectivity index (χ2v) is 32.4. The number of phenols is 4. The largest absolute Gasteiger partial charge is 0.507 e. The van der Waals surface area contributed by atoms with Gasteiger partial charge in [0.2, 0.25) is 23.0 Å². The van der Waals surface area contributed by atoms with E-state index in [4.69, 9.17) is 18.9 Å². The fourth-order valence-electron chi connectivity index (χ4n) is 10.9. The van der Waals surface area contributed by atoms with Crippen molar-refractivity contribution in [3.63, 3.8) is 0 Å². The quantitative estimate of drug-likeness (QED) is 0.0449. The summed E-state index contributed by atoms with van der Waals surface area (Å²) in [6, 6.07) is 15.0. The molecular weight excluding hydrogens is 1120 g/mol. The predicted molar refractivity (Wildman–Crippen MR) is 352 cm³/mol. The number of rotatable bonds is 16. The number of aromatic amines is 1. The number of aromatic nitrogens is 3. The van der Waals surface area contributed by atoms with Gasteiger partial charge in [0.05, 0.1) is 0 Å². The summed E-state index contributed by atoms with van der Waals surface area (Å²) in [6.45, 7) is 48.0. The number of aryl methyl sites for hydroxylation is 4. The van der Waals surface area contributed by atoms with Crippen molar-refractivity contribution >= 4 is 34.9 Å². The van der Waals surface area contributed by atoms with Gasteiger partial charge >= 0.3 is 23.9 Å². The lowest BCUT2D eigenvalue weighted by Crippen LogP contribution is -2.20. The molecule has 1 aromatic heterocycles. The minimum atomic E-state index is -0.846. The number of ether oxygens (including phenoxy) is 4. The van der Waals surface area contributed by atoms with E-state index in [-0.39, 0.29) is 85.4 Å². The average Bonchev–Trinajstić information content (AvgIpc) is 1.82. The number of benzene rings is 5. The topological polar surface area (TPSA) is 228 Å². The Morgan fingerprint density at radius 1 is 0.326 bits per heavy atom. The number of carbonyl (C=O) groups excluding carboxylic acids is 4. The van der Waals surface area contributed by atoms with Gasteiger partial charge < -0.3 is 39.4 Å². The van der Waals surface area contributed by atoms with Crippen molar-refractivity contribution in [1.82, 2.24) is 15.4 Å². The van der Waals surface area contributed by atoms with E-state index in [1.807, 2.05) is 215 Å². The summed E-state index contributed by atoms with van der Waals surface area (Å²) in [5.74, 6) is -4.50. The number of nitrogens with one attached hydrogen (secondary N) is 1. The van der Waals surface area contributed by atoms with Crippen LogP contribution >= 0.6 is 0 Å². The third kappa shape index (κ3) is 17.1. The van der Waals surface area contributed by atoms with Crippen molar-refractivity contribution in [2.45, 2.75) is 261 Å². The number of aromatic hydroxyl groups is 4. The third-order valence-corrected chi connectivity index (χ3v) is 16.1. The van der Waals surface area contributed by atoms with Crippen LogP contribution in [0.3, 0.4) is 0 Å². The van der Waals surface area contributed by atoms with E-state index in [1.54, 1.807) is 0 Å². The van der Waals surface area contributed by atoms with Crippen molar-refractivity contribution in [3.05, 3.63) is 115 Å². The summed E-state index contributed by atoms with van der Waals surface area (Å²) >= 11 is 0. The standard InChI is InChI=1S/C74H101N3O12/c1-67(2,3)45-33-41(34-46(59(45)82)68(4,5)6)25-29-53(78)86-63-57-58(76-77-75-57)64(87-54(79)30-26-42-35-47(69(7,8)9)60(83)48(36-42)70(10,11)12)66(89-56(81)32-28-44-39-51(73(19,20)21)62(85)52(40-44)74(22,23)24)65(63)88-55(80)31-27-43-37-49(71(13,14)15)61(84)50(38-43)72(16,17)18/h33-40,82-85H,25-32H2,1-24H3,(H,75,76,77). The highest BCUT2D eigenvalue weighted by Gasteiger charge is 2.36. The second kappa shape index (κ2) is 25.5. The number of hydrogen-bond acceptors (Lipinski definition) is 14. The average molecular weight is 1220 g/mol. The van der Waals surface area contributed by atoms with Crippen LogP contribution < -0.4 is 18.9 Å². The molecular formula is C74H101N3O12. The van der Waals surface area contributed by atoms with Crippen molar-refractivity contribution in [2.75, 3.05) is 0 Å². The zero-order valence-corrected chi connectivity index (χ0v) is 57.7. The summed E-state index contributed by atoms with van der Waals surface area (Å²) in [5.41, 5.74) is 4.68. The molecule has 89 heavy (non-hydrogen) atoms. The normalized spacial score (nSPS) is 13.0. The summed E-state index contributed by atoms with van der Waals surface area (Å²) in [5, 5.41) is 57.3. The summed E-state index contributed by atoms with van der Waals surface area (Å²) in [4.78, 5) is 58.6. The van der Waals surface area contributed by atoms with Crippen molar-refractivity contribution < 1.29 is 58.6 Å². The summed E-state index contributed by atoms with van der Waals surface area (Å²) < 4.78 is 25.2. The minimum absolute atomic E-state index is 0.113. The Kier molecular flexibility index (Phi) is 20.2. The van der Waals surface area contributed by atoms with Crippen LogP contribution in [0.4, 0.5) is 0 Å². The molecule has 0 amide bonds. The molecule has 0 aliphatic carbocycles. The van der Waals surface area contributed by atoms with Gasteiger partial charge in [-0.05, 0) is 136 Å². The maximum absolute atomic E-state index is 14.7. The fraction of sp³-hybridized carbons (Fsp3) is 0.541. The molecule has 0 radical (unpaired) electrons. The maximum Gasteiger partial charge on any atom is 0.311 e. The number of fused-ring (bicyclic) bond motifs is 1. The van der Waals surface area contributed by atoms with E-state index >= 15 is 0 Å². The van der Waals surface area contributed by atoms with E-state index in [9.17, 15) is 39.6 Å². The van der Waals surface area contributed by atoms with Crippen molar-refractivity contribution in [3.8, 4) is 46.0 Å². The highest BCUT2D eigenvalue weighted by molar-refractivity contribution is 5.98. The van der Waals surface area contributed by atoms with Crippen LogP contribution in [0.15, 0.2) is 48.5 Å². The minimum Gasteiger partial charge on any atom is -0.507 e. The number of hydrogen-bond donors (Lipinski definition) is 5. The Morgan fingerprint density at radius 2 is 0.517 bits per heavy atom. The van der Waals surface area contributed by atoms with E-state index in [2.05, 4.69) is 15.4 Å². The molecule has 0 spiro atoms. The van der Waals surface area contributed by atoms with Gasteiger partial charge in [-0.3, -0.25) is 24.3 Å². The first-order chi connectivity index (χ1) is 40.5. The Labute approximate surface area is 528 Å². The lowest BCUT2D eigenvalue weighted by molar-refractivity contribution is -0.138. The van der Waals surface area contributed by atoms with Gasteiger partial charge in [0.15, 0.2) is 5.52 Å². The SMILES string of the molecule is CC(C)(C)c1cc(CCC(=O)Oc2c(OC(=O)CCc3cc(C(C)(C)C)c(O)c(C(C)(C)C)c3)c(OC(=O)CCc3cc(C(C)(C)C)c(O)c(C(C)(C)C)c3)c3[nH]nnc3c2OC(=O)CCc2cc(C(C)(C)C)c(O)c(C(C)(C)C)c2)cc(C(C)(C)C)c1O. The van der Waals surface area contributed by atoms with E-state index in [0.717, 1.165) is 22.3 Å².